The molecule has 0 bridgehead atoms. The van der Waals surface area contributed by atoms with E-state index in [0.717, 1.165) is 6.07 Å². The third-order valence-corrected chi connectivity index (χ3v) is 2.39. The van der Waals surface area contributed by atoms with Crippen LogP contribution in [0.3, 0.4) is 0 Å². The van der Waals surface area contributed by atoms with Crippen LogP contribution in [0.5, 0.6) is 0 Å². The van der Waals surface area contributed by atoms with E-state index in [1.807, 2.05) is 6.07 Å². The topological polar surface area (TPSA) is 52.9 Å². The molecule has 0 unspecified atom stereocenters. The lowest BCUT2D eigenvalue weighted by Crippen LogP contribution is -2.12. The first kappa shape index (κ1) is 11.8. The Kier molecular flexibility index (Phi) is 3.35. The summed E-state index contributed by atoms with van der Waals surface area (Å²) < 4.78 is 12.9. The average molecular weight is 240 g/mol. The molecule has 18 heavy (non-hydrogen) atoms. The highest BCUT2D eigenvalue weighted by Gasteiger charge is 2.09. The van der Waals surface area contributed by atoms with Crippen molar-refractivity contribution in [2.24, 2.45) is 0 Å². The second-order valence-electron chi connectivity index (χ2n) is 3.62. The first-order valence-corrected chi connectivity index (χ1v) is 5.27. The molecule has 2 aromatic carbocycles. The molecule has 0 heterocycles. The maximum Gasteiger partial charge on any atom is 0.255 e. The largest absolute Gasteiger partial charge is 0.321 e. The van der Waals surface area contributed by atoms with Crippen molar-refractivity contribution in [3.63, 3.8) is 0 Å². The van der Waals surface area contributed by atoms with Gasteiger partial charge < -0.3 is 5.32 Å². The Bertz CT molecular complexity index is 617. The van der Waals surface area contributed by atoms with Crippen molar-refractivity contribution in [2.75, 3.05) is 5.32 Å². The lowest BCUT2D eigenvalue weighted by Gasteiger charge is -2.06. The second kappa shape index (κ2) is 5.11. The SMILES string of the molecule is N#Cc1cc(F)ccc1NC(=O)c1ccccc1. The zero-order valence-corrected chi connectivity index (χ0v) is 9.35. The van der Waals surface area contributed by atoms with E-state index in [2.05, 4.69) is 5.32 Å². The maximum atomic E-state index is 12.9. The molecule has 0 radical (unpaired) electrons. The van der Waals surface area contributed by atoms with Crippen molar-refractivity contribution in [1.29, 1.82) is 5.26 Å². The van der Waals surface area contributed by atoms with Gasteiger partial charge in [-0.05, 0) is 30.3 Å². The highest BCUT2D eigenvalue weighted by molar-refractivity contribution is 6.04. The molecule has 0 aromatic heterocycles. The number of nitrogens with one attached hydrogen (secondary N) is 1. The number of halogens is 1. The standard InChI is InChI=1S/C14H9FN2O/c15-12-6-7-13(11(8-12)9-16)17-14(18)10-4-2-1-3-5-10/h1-8H,(H,17,18). The van der Waals surface area contributed by atoms with Crippen molar-refractivity contribution in [3.05, 3.63) is 65.5 Å². The van der Waals surface area contributed by atoms with Gasteiger partial charge in [-0.15, -0.1) is 0 Å². The van der Waals surface area contributed by atoms with Crippen molar-refractivity contribution >= 4 is 11.6 Å². The summed E-state index contributed by atoms with van der Waals surface area (Å²) in [4.78, 5) is 11.9. The zero-order chi connectivity index (χ0) is 13.0. The molecule has 0 aliphatic carbocycles. The number of hydrogen-bond donors (Lipinski definition) is 1. The summed E-state index contributed by atoms with van der Waals surface area (Å²) in [7, 11) is 0. The van der Waals surface area contributed by atoms with E-state index in [0.29, 0.717) is 11.3 Å². The Morgan fingerprint density at radius 1 is 1.17 bits per heavy atom. The first-order chi connectivity index (χ1) is 8.70. The molecule has 2 rings (SSSR count). The van der Waals surface area contributed by atoms with E-state index < -0.39 is 5.82 Å². The Hall–Kier alpha value is -2.67. The van der Waals surface area contributed by atoms with Gasteiger partial charge >= 0.3 is 0 Å². The van der Waals surface area contributed by atoms with Crippen LogP contribution in [0.4, 0.5) is 10.1 Å². The molecular formula is C14H9FN2O. The summed E-state index contributed by atoms with van der Waals surface area (Å²) in [6.45, 7) is 0. The first-order valence-electron chi connectivity index (χ1n) is 5.27. The van der Waals surface area contributed by atoms with Crippen LogP contribution >= 0.6 is 0 Å². The summed E-state index contributed by atoms with van der Waals surface area (Å²) >= 11 is 0. The third-order valence-electron chi connectivity index (χ3n) is 2.39. The number of nitriles is 1. The summed E-state index contributed by atoms with van der Waals surface area (Å²) in [5.41, 5.74) is 0.873. The van der Waals surface area contributed by atoms with Gasteiger partial charge in [-0.1, -0.05) is 18.2 Å². The number of nitrogens with zero attached hydrogens (tertiary/aromatic N) is 1. The summed E-state index contributed by atoms with van der Waals surface area (Å²) in [6.07, 6.45) is 0. The molecule has 0 atom stereocenters. The Balaban J connectivity index is 2.25. The summed E-state index contributed by atoms with van der Waals surface area (Å²) in [5.74, 6) is -0.844. The summed E-state index contributed by atoms with van der Waals surface area (Å²) in [6, 6.07) is 14.1. The van der Waals surface area contributed by atoms with Crippen LogP contribution < -0.4 is 5.32 Å². The van der Waals surface area contributed by atoms with Gasteiger partial charge in [0.05, 0.1) is 11.3 Å². The molecule has 2 aromatic rings. The van der Waals surface area contributed by atoms with E-state index in [1.54, 1.807) is 30.3 Å². The van der Waals surface area contributed by atoms with Gasteiger partial charge in [0.25, 0.3) is 5.91 Å². The predicted octanol–water partition coefficient (Wildman–Crippen LogP) is 2.95. The predicted molar refractivity (Wildman–Crippen MR) is 65.5 cm³/mol. The van der Waals surface area contributed by atoms with E-state index >= 15 is 0 Å². The maximum absolute atomic E-state index is 12.9. The number of carbonyl (C=O) groups excluding carboxylic acids is 1. The van der Waals surface area contributed by atoms with Gasteiger partial charge in [-0.3, -0.25) is 4.79 Å². The normalized spacial score (nSPS) is 9.56. The fraction of sp³-hybridized carbons (Fsp3) is 0. The molecule has 0 fully saturated rings. The molecule has 0 saturated heterocycles. The average Bonchev–Trinajstić information content (AvgIpc) is 2.41. The van der Waals surface area contributed by atoms with E-state index in [1.165, 1.54) is 12.1 Å². The summed E-state index contributed by atoms with van der Waals surface area (Å²) in [5, 5.41) is 11.4. The minimum absolute atomic E-state index is 0.0966. The highest BCUT2D eigenvalue weighted by Crippen LogP contribution is 2.17. The molecule has 4 heteroatoms. The van der Waals surface area contributed by atoms with Crippen molar-refractivity contribution in [1.82, 2.24) is 0 Å². The van der Waals surface area contributed by atoms with Crippen LogP contribution in [0.25, 0.3) is 0 Å². The monoisotopic (exact) mass is 240 g/mol. The Morgan fingerprint density at radius 3 is 2.56 bits per heavy atom. The lowest BCUT2D eigenvalue weighted by atomic mass is 10.1. The number of carbonyl (C=O) groups is 1. The number of hydrogen-bond acceptors (Lipinski definition) is 2. The lowest BCUT2D eigenvalue weighted by molar-refractivity contribution is 0.102. The molecular weight excluding hydrogens is 231 g/mol. The van der Waals surface area contributed by atoms with Gasteiger partial charge in [-0.25, -0.2) is 4.39 Å². The number of amides is 1. The molecule has 1 N–H and O–H groups in total. The zero-order valence-electron chi connectivity index (χ0n) is 9.35. The van der Waals surface area contributed by atoms with Crippen molar-refractivity contribution in [3.8, 4) is 6.07 Å². The highest BCUT2D eigenvalue weighted by atomic mass is 19.1. The minimum Gasteiger partial charge on any atom is -0.321 e. The Labute approximate surface area is 103 Å². The Morgan fingerprint density at radius 2 is 1.89 bits per heavy atom. The van der Waals surface area contributed by atoms with Gasteiger partial charge in [0.15, 0.2) is 0 Å². The molecule has 0 aliphatic rings. The van der Waals surface area contributed by atoms with Crippen LogP contribution in [-0.2, 0) is 0 Å². The molecule has 0 aliphatic heterocycles. The molecule has 88 valence electrons. The van der Waals surface area contributed by atoms with E-state index in [4.69, 9.17) is 5.26 Å². The van der Waals surface area contributed by atoms with Gasteiger partial charge in [0.2, 0.25) is 0 Å². The van der Waals surface area contributed by atoms with Gasteiger partial charge in [0.1, 0.15) is 11.9 Å². The number of benzene rings is 2. The van der Waals surface area contributed by atoms with E-state index in [9.17, 15) is 9.18 Å². The number of anilines is 1. The minimum atomic E-state index is -0.510. The number of rotatable bonds is 2. The second-order valence-corrected chi connectivity index (χ2v) is 3.62. The van der Waals surface area contributed by atoms with Gasteiger partial charge in [0, 0.05) is 5.56 Å². The molecule has 1 amide bonds. The van der Waals surface area contributed by atoms with Crippen molar-refractivity contribution < 1.29 is 9.18 Å². The van der Waals surface area contributed by atoms with Gasteiger partial charge in [-0.2, -0.15) is 5.26 Å². The van der Waals surface area contributed by atoms with Crippen LogP contribution in [0.1, 0.15) is 15.9 Å². The third kappa shape index (κ3) is 2.53. The van der Waals surface area contributed by atoms with Crippen LogP contribution in [0, 0.1) is 17.1 Å². The van der Waals surface area contributed by atoms with Crippen LogP contribution in [0.15, 0.2) is 48.5 Å². The van der Waals surface area contributed by atoms with Crippen molar-refractivity contribution in [2.45, 2.75) is 0 Å². The van der Waals surface area contributed by atoms with Crippen LogP contribution in [0.2, 0.25) is 0 Å². The van der Waals surface area contributed by atoms with Crippen LogP contribution in [-0.4, -0.2) is 5.91 Å². The smallest absolute Gasteiger partial charge is 0.255 e. The fourth-order valence-corrected chi connectivity index (χ4v) is 1.50. The molecule has 0 saturated carbocycles. The molecule has 0 spiro atoms. The molecule has 3 nitrogen and oxygen atoms in total. The quantitative estimate of drug-likeness (QED) is 0.877. The van der Waals surface area contributed by atoms with E-state index in [-0.39, 0.29) is 11.5 Å². The fourth-order valence-electron chi connectivity index (χ4n) is 1.50.